The van der Waals surface area contributed by atoms with Crippen molar-refractivity contribution >= 4 is 70.1 Å². The first-order valence-corrected chi connectivity index (χ1v) is 22.0. The van der Waals surface area contributed by atoms with Crippen molar-refractivity contribution < 1.29 is 60.1 Å². The Bertz CT molecular complexity index is 2500. The zero-order valence-electron chi connectivity index (χ0n) is 36.2. The average molecular weight is 1030 g/mol. The first kappa shape index (κ1) is 51.4. The van der Waals surface area contributed by atoms with Gasteiger partial charge in [-0.25, -0.2) is 0 Å². The van der Waals surface area contributed by atoms with Gasteiger partial charge in [0.05, 0.1) is 45.7 Å². The van der Waals surface area contributed by atoms with E-state index in [0.717, 1.165) is 30.9 Å². The highest BCUT2D eigenvalue weighted by molar-refractivity contribution is 6.33. The van der Waals surface area contributed by atoms with Gasteiger partial charge in [-0.1, -0.05) is 46.4 Å². The summed E-state index contributed by atoms with van der Waals surface area (Å²) in [6.45, 7) is 7.27. The molecule has 0 saturated carbocycles. The van der Waals surface area contributed by atoms with Crippen LogP contribution in [0.15, 0.2) is 36.4 Å². The summed E-state index contributed by atoms with van der Waals surface area (Å²) >= 11 is 23.2. The fourth-order valence-corrected chi connectivity index (χ4v) is 9.28. The number of benzene rings is 2. The number of aliphatic carboxylic acids is 1. The molecule has 0 bridgehead atoms. The molecule has 4 aliphatic heterocycles. The van der Waals surface area contributed by atoms with E-state index in [4.69, 9.17) is 61.0 Å². The summed E-state index contributed by atoms with van der Waals surface area (Å²) in [5.74, 6) is 0.696. The Morgan fingerprint density at radius 1 is 0.642 bits per heavy atom. The van der Waals surface area contributed by atoms with E-state index in [0.29, 0.717) is 75.4 Å². The summed E-state index contributed by atoms with van der Waals surface area (Å²) in [6.07, 6.45) is -9.36. The highest BCUT2D eigenvalue weighted by atomic mass is 35.5. The summed E-state index contributed by atoms with van der Waals surface area (Å²) < 4.78 is 87.9. The molecule has 4 aliphatic rings. The molecule has 2 aromatic heterocycles. The molecule has 2 N–H and O–H groups in total. The predicted molar refractivity (Wildman–Crippen MR) is 233 cm³/mol. The number of nitrogens with one attached hydrogen (secondary N) is 1. The number of carboxylic acids is 1. The number of rotatable bonds is 8. The molecule has 4 aromatic rings. The number of amides is 3. The number of hydrogen-bond donors (Lipinski definition) is 2. The first-order chi connectivity index (χ1) is 31.4. The molecular formula is C42H44Cl4F6N8O7. The molecule has 6 heterocycles. The maximum atomic E-state index is 13.0. The summed E-state index contributed by atoms with van der Waals surface area (Å²) in [7, 11) is 3.03. The van der Waals surface area contributed by atoms with Gasteiger partial charge in [0.25, 0.3) is 11.8 Å². The molecule has 3 amide bonds. The van der Waals surface area contributed by atoms with Crippen molar-refractivity contribution in [1.82, 2.24) is 39.6 Å². The molecular weight excluding hydrogens is 984 g/mol. The molecule has 15 nitrogen and oxygen atoms in total. The number of ether oxygens (including phenoxy) is 2. The number of nitrogens with zero attached hydrogens (tertiary/aromatic N) is 7. The highest BCUT2D eigenvalue weighted by Gasteiger charge is 2.44. The van der Waals surface area contributed by atoms with E-state index >= 15 is 0 Å². The summed E-state index contributed by atoms with van der Waals surface area (Å²) in [6, 6.07) is 10.0. The minimum atomic E-state index is -4.69. The normalized spacial score (nSPS) is 19.9. The minimum absolute atomic E-state index is 0.0219. The summed E-state index contributed by atoms with van der Waals surface area (Å²) in [5, 5.41) is 18.3. The molecule has 25 heteroatoms. The van der Waals surface area contributed by atoms with E-state index in [1.807, 2.05) is 4.90 Å². The van der Waals surface area contributed by atoms with Crippen LogP contribution in [-0.2, 0) is 35.0 Å². The van der Waals surface area contributed by atoms with Crippen molar-refractivity contribution in [3.63, 3.8) is 0 Å². The van der Waals surface area contributed by atoms with Gasteiger partial charge in [-0.3, -0.25) is 28.5 Å². The van der Waals surface area contributed by atoms with Crippen LogP contribution in [0.1, 0.15) is 43.5 Å². The Morgan fingerprint density at radius 2 is 1.01 bits per heavy atom. The van der Waals surface area contributed by atoms with E-state index in [1.165, 1.54) is 21.0 Å². The summed E-state index contributed by atoms with van der Waals surface area (Å²) in [4.78, 5) is 53.7. The van der Waals surface area contributed by atoms with Crippen molar-refractivity contribution in [3.8, 4) is 11.5 Å². The lowest BCUT2D eigenvalue weighted by molar-refractivity contribution is -0.143. The maximum Gasteiger partial charge on any atom is 0.436 e. The first-order valence-electron chi connectivity index (χ1n) is 20.5. The topological polar surface area (TPSA) is 164 Å². The van der Waals surface area contributed by atoms with E-state index in [-0.39, 0.29) is 47.5 Å². The van der Waals surface area contributed by atoms with Crippen LogP contribution in [0.3, 0.4) is 0 Å². The van der Waals surface area contributed by atoms with Gasteiger partial charge in [0, 0.05) is 75.3 Å². The Hall–Kier alpha value is -4.96. The van der Waals surface area contributed by atoms with Crippen LogP contribution in [-0.4, -0.2) is 130 Å². The molecule has 67 heavy (non-hydrogen) atoms. The third kappa shape index (κ3) is 11.7. The van der Waals surface area contributed by atoms with Gasteiger partial charge >= 0.3 is 18.3 Å². The van der Waals surface area contributed by atoms with Gasteiger partial charge < -0.3 is 34.6 Å². The lowest BCUT2D eigenvalue weighted by Crippen LogP contribution is -2.37. The van der Waals surface area contributed by atoms with Crippen molar-refractivity contribution in [3.05, 3.63) is 90.4 Å². The van der Waals surface area contributed by atoms with Gasteiger partial charge in [-0.05, 0) is 62.1 Å². The summed E-state index contributed by atoms with van der Waals surface area (Å²) in [5.41, 5.74) is -1.27. The number of carboxylic acid groups (broad SMARTS) is 1. The largest absolute Gasteiger partial charge is 0.495 e. The molecule has 4 fully saturated rings. The third-order valence-electron chi connectivity index (χ3n) is 12.0. The Morgan fingerprint density at radius 3 is 1.37 bits per heavy atom. The van der Waals surface area contributed by atoms with E-state index in [1.54, 1.807) is 53.3 Å². The zero-order chi connectivity index (χ0) is 49.3. The van der Waals surface area contributed by atoms with E-state index in [9.17, 15) is 45.5 Å². The number of likely N-dealkylation sites (tertiary alicyclic amines) is 3. The van der Waals surface area contributed by atoms with Crippen LogP contribution >= 0.6 is 46.4 Å². The molecule has 2 aromatic carbocycles. The number of alkyl halides is 6. The molecule has 0 radical (unpaired) electrons. The minimum Gasteiger partial charge on any atom is -0.495 e. The van der Waals surface area contributed by atoms with Crippen LogP contribution in [0.4, 0.5) is 26.3 Å². The third-order valence-corrected chi connectivity index (χ3v) is 13.5. The molecule has 4 unspecified atom stereocenters. The second-order valence-corrected chi connectivity index (χ2v) is 17.9. The quantitative estimate of drug-likeness (QED) is 0.171. The van der Waals surface area contributed by atoms with Crippen molar-refractivity contribution in [2.75, 3.05) is 66.6 Å². The lowest BCUT2D eigenvalue weighted by Gasteiger charge is -2.22. The fraction of sp³-hybridized carbons (Fsp3) is 0.476. The van der Waals surface area contributed by atoms with Gasteiger partial charge in [0.2, 0.25) is 5.91 Å². The van der Waals surface area contributed by atoms with Crippen LogP contribution < -0.4 is 14.8 Å². The van der Waals surface area contributed by atoms with Crippen LogP contribution in [0.5, 0.6) is 11.5 Å². The number of carbonyl (C=O) groups is 4. The van der Waals surface area contributed by atoms with Gasteiger partial charge in [0.1, 0.15) is 24.6 Å². The fourth-order valence-electron chi connectivity index (χ4n) is 8.41. The maximum absolute atomic E-state index is 13.0. The predicted octanol–water partition coefficient (Wildman–Crippen LogP) is 7.34. The number of hydrogen-bond acceptors (Lipinski definition) is 9. The number of fused-ring (bicyclic) bond motifs is 2. The Balaban J connectivity index is 0.000000184. The lowest BCUT2D eigenvalue weighted by atomic mass is 10.0. The Labute approximate surface area is 399 Å². The van der Waals surface area contributed by atoms with E-state index in [2.05, 4.69) is 15.5 Å². The van der Waals surface area contributed by atoms with Gasteiger partial charge in [0.15, 0.2) is 11.4 Å². The second kappa shape index (κ2) is 20.7. The molecule has 0 aliphatic carbocycles. The molecule has 364 valence electrons. The van der Waals surface area contributed by atoms with Crippen molar-refractivity contribution in [1.29, 1.82) is 0 Å². The van der Waals surface area contributed by atoms with Gasteiger partial charge in [-0.15, -0.1) is 0 Å². The molecule has 4 saturated heterocycles. The number of halogens is 10. The smallest absolute Gasteiger partial charge is 0.436 e. The van der Waals surface area contributed by atoms with Crippen LogP contribution in [0, 0.1) is 37.5 Å². The van der Waals surface area contributed by atoms with Crippen LogP contribution in [0.2, 0.25) is 20.1 Å². The monoisotopic (exact) mass is 1030 g/mol. The van der Waals surface area contributed by atoms with Gasteiger partial charge in [-0.2, -0.15) is 36.5 Å². The molecule has 4 atom stereocenters. The van der Waals surface area contributed by atoms with E-state index < -0.39 is 46.3 Å². The standard InChI is InChI=1S/C21H21Cl2F3N4O3.C14H17ClN2O2.C7H6ClF3N2O2/c1-11-18(23)19(21(24,25)26)27-30(11)10-17(31)28-6-13-8-29(9-14(13)7-28)20(32)12-3-4-15(22)16(5-12)33-2;1-19-13-4-9(2-3-12(13)15)14(18)17-7-10-5-16-6-11(10)8-17;1-3-5(8)6(7(9,10)11)12-13(3)2-4(14)15/h3-5,13-14H,6-10H2,1-2H3;2-4,10-11,16H,5-8H2,1H3;2H2,1H3,(H,14,15). The molecule has 8 rings (SSSR count). The second-order valence-electron chi connectivity index (χ2n) is 16.3. The highest BCUT2D eigenvalue weighted by Crippen LogP contribution is 2.38. The SMILES string of the molecule is COc1cc(C(=O)N2CC3CN(C(=O)Cn4nc(C(F)(F)F)c(Cl)c4C)CC3C2)ccc1Cl.COc1cc(C(=O)N2CC3CNCC3C2)ccc1Cl.Cc1c(Cl)c(C(F)(F)F)nn1CC(=O)O. The number of methoxy groups -OCH3 is 2. The number of aromatic nitrogens is 4. The van der Waals surface area contributed by atoms with Crippen LogP contribution in [0.25, 0.3) is 0 Å². The average Bonchev–Trinajstić information content (AvgIpc) is 4.12. The Kier molecular flexibility index (Phi) is 15.9. The van der Waals surface area contributed by atoms with Crippen molar-refractivity contribution in [2.45, 2.75) is 39.3 Å². The molecule has 0 spiro atoms. The number of carbonyl (C=O) groups excluding carboxylic acids is 3. The zero-order valence-corrected chi connectivity index (χ0v) is 39.2. The van der Waals surface area contributed by atoms with Crippen molar-refractivity contribution in [2.24, 2.45) is 23.7 Å².